The van der Waals surface area contributed by atoms with E-state index in [0.717, 1.165) is 46.9 Å². The van der Waals surface area contributed by atoms with Crippen LogP contribution >= 0.6 is 0 Å². The van der Waals surface area contributed by atoms with Crippen LogP contribution in [0.3, 0.4) is 0 Å². The van der Waals surface area contributed by atoms with E-state index in [2.05, 4.69) is 29.0 Å². The predicted molar refractivity (Wildman–Crippen MR) is 102 cm³/mol. The summed E-state index contributed by atoms with van der Waals surface area (Å²) in [6, 6.07) is 7.89. The van der Waals surface area contributed by atoms with Crippen LogP contribution in [0.15, 0.2) is 24.3 Å². The molecule has 5 rings (SSSR count). The summed E-state index contributed by atoms with van der Waals surface area (Å²) in [4.78, 5) is 2.26. The molecule has 0 saturated carbocycles. The van der Waals surface area contributed by atoms with E-state index in [1.54, 1.807) is 14.2 Å². The zero-order chi connectivity index (χ0) is 18.5. The summed E-state index contributed by atoms with van der Waals surface area (Å²) in [7, 11) is 3.29. The molecule has 0 amide bonds. The minimum absolute atomic E-state index is 0.219. The average molecular weight is 361 g/mol. The third-order valence-corrected chi connectivity index (χ3v) is 5.46. The minimum atomic E-state index is -0.219. The van der Waals surface area contributed by atoms with E-state index in [1.165, 1.54) is 5.56 Å². The Bertz CT molecular complexity index is 1020. The van der Waals surface area contributed by atoms with Crippen molar-refractivity contribution in [1.29, 1.82) is 0 Å². The van der Waals surface area contributed by atoms with Gasteiger partial charge in [-0.3, -0.25) is 0 Å². The van der Waals surface area contributed by atoms with Crippen LogP contribution in [0.25, 0.3) is 11.8 Å². The zero-order valence-corrected chi connectivity index (χ0v) is 15.2. The largest absolute Gasteiger partial charge is 0.493 e. The van der Waals surface area contributed by atoms with Crippen molar-refractivity contribution in [3.05, 3.63) is 46.5 Å². The lowest BCUT2D eigenvalue weighted by molar-refractivity contribution is 0.174. The number of methoxy groups -OCH3 is 2. The summed E-state index contributed by atoms with van der Waals surface area (Å²) in [6.07, 6.45) is 9.05. The van der Waals surface area contributed by atoms with E-state index in [9.17, 15) is 0 Å². The monoisotopic (exact) mass is 361 g/mol. The number of benzene rings is 2. The lowest BCUT2D eigenvalue weighted by Crippen LogP contribution is -2.35. The lowest BCUT2D eigenvalue weighted by atomic mass is 9.86. The van der Waals surface area contributed by atoms with Crippen LogP contribution in [-0.2, 0) is 6.42 Å². The van der Waals surface area contributed by atoms with Crippen LogP contribution in [0.1, 0.15) is 28.3 Å². The van der Waals surface area contributed by atoms with Crippen molar-refractivity contribution < 1.29 is 18.9 Å². The Morgan fingerprint density at radius 3 is 2.70 bits per heavy atom. The number of hydrogen-bond donors (Lipinski definition) is 0. The van der Waals surface area contributed by atoms with E-state index in [1.807, 2.05) is 12.1 Å². The Hall–Kier alpha value is -3.26. The van der Waals surface area contributed by atoms with E-state index >= 15 is 0 Å². The summed E-state index contributed by atoms with van der Waals surface area (Å²) in [5.41, 5.74) is 5.53. The van der Waals surface area contributed by atoms with Crippen molar-refractivity contribution in [2.45, 2.75) is 12.5 Å². The summed E-state index contributed by atoms with van der Waals surface area (Å²) in [5, 5.41) is 0. The van der Waals surface area contributed by atoms with Crippen LogP contribution < -0.4 is 18.9 Å². The molecule has 5 nitrogen and oxygen atoms in total. The maximum atomic E-state index is 5.99. The summed E-state index contributed by atoms with van der Waals surface area (Å²) >= 11 is 0. The van der Waals surface area contributed by atoms with Gasteiger partial charge in [0.25, 0.3) is 0 Å². The maximum Gasteiger partial charge on any atom is 0.231 e. The highest BCUT2D eigenvalue weighted by Gasteiger charge is 2.35. The van der Waals surface area contributed by atoms with Gasteiger partial charge in [0.05, 0.1) is 14.2 Å². The summed E-state index contributed by atoms with van der Waals surface area (Å²) < 4.78 is 22.3. The standard InChI is InChI=1S/C22H19NO4/c1-4-16-21-14(5-6-18(24-2)22(21)25-3)9-17-15-11-20-19(26-12-27-20)10-13(15)7-8-23(16)17/h1,5-6,9-11,16H,7-8,12H2,2-3H3. The molecule has 1 unspecified atom stereocenters. The second-order valence-electron chi connectivity index (χ2n) is 6.71. The van der Waals surface area contributed by atoms with E-state index < -0.39 is 0 Å². The van der Waals surface area contributed by atoms with Crippen molar-refractivity contribution in [1.82, 2.24) is 4.90 Å². The Morgan fingerprint density at radius 1 is 1.15 bits per heavy atom. The van der Waals surface area contributed by atoms with Crippen LogP contribution in [0.5, 0.6) is 23.0 Å². The number of nitrogens with zero attached hydrogens (tertiary/aromatic N) is 1. The molecule has 27 heavy (non-hydrogen) atoms. The first kappa shape index (κ1) is 16.0. The molecule has 0 N–H and O–H groups in total. The van der Waals surface area contributed by atoms with Gasteiger partial charge in [-0.1, -0.05) is 12.0 Å². The third-order valence-electron chi connectivity index (χ3n) is 5.46. The normalized spacial score (nSPS) is 18.6. The molecule has 5 heteroatoms. The SMILES string of the molecule is C#CC1c2c(ccc(OC)c2OC)C=C2c3cc4c(cc3CCN21)OCO4. The molecule has 0 aromatic heterocycles. The summed E-state index contributed by atoms with van der Waals surface area (Å²) in [5.74, 6) is 5.95. The van der Waals surface area contributed by atoms with Crippen molar-refractivity contribution in [2.75, 3.05) is 27.6 Å². The van der Waals surface area contributed by atoms with Gasteiger partial charge < -0.3 is 23.8 Å². The molecule has 3 heterocycles. The van der Waals surface area contributed by atoms with Gasteiger partial charge >= 0.3 is 0 Å². The fraction of sp³-hybridized carbons (Fsp3) is 0.273. The molecule has 2 aromatic rings. The molecule has 0 bridgehead atoms. The van der Waals surface area contributed by atoms with E-state index in [0.29, 0.717) is 11.5 Å². The second-order valence-corrected chi connectivity index (χ2v) is 6.71. The number of terminal acetylenes is 1. The molecular weight excluding hydrogens is 342 g/mol. The topological polar surface area (TPSA) is 40.2 Å². The molecule has 2 aromatic carbocycles. The fourth-order valence-corrected chi connectivity index (χ4v) is 4.22. The maximum absolute atomic E-state index is 5.99. The van der Waals surface area contributed by atoms with Crippen LogP contribution in [0.2, 0.25) is 0 Å². The minimum Gasteiger partial charge on any atom is -0.493 e. The molecule has 3 aliphatic rings. The van der Waals surface area contributed by atoms with Crippen LogP contribution in [-0.4, -0.2) is 32.5 Å². The van der Waals surface area contributed by atoms with Gasteiger partial charge in [0.1, 0.15) is 6.04 Å². The van der Waals surface area contributed by atoms with Gasteiger partial charge in [0.15, 0.2) is 23.0 Å². The van der Waals surface area contributed by atoms with E-state index in [4.69, 9.17) is 25.4 Å². The van der Waals surface area contributed by atoms with Crippen LogP contribution in [0, 0.1) is 12.3 Å². The van der Waals surface area contributed by atoms with Crippen LogP contribution in [0.4, 0.5) is 0 Å². The van der Waals surface area contributed by atoms with Gasteiger partial charge in [-0.15, -0.1) is 6.42 Å². The van der Waals surface area contributed by atoms with Crippen molar-refractivity contribution >= 4 is 11.8 Å². The molecule has 1 atom stereocenters. The Morgan fingerprint density at radius 2 is 1.96 bits per heavy atom. The Kier molecular flexibility index (Phi) is 3.48. The van der Waals surface area contributed by atoms with Gasteiger partial charge in [0.2, 0.25) is 6.79 Å². The van der Waals surface area contributed by atoms with Gasteiger partial charge in [-0.25, -0.2) is 0 Å². The lowest BCUT2D eigenvalue weighted by Gasteiger charge is -2.41. The van der Waals surface area contributed by atoms with Crippen molar-refractivity contribution in [2.24, 2.45) is 0 Å². The zero-order valence-electron chi connectivity index (χ0n) is 15.2. The first-order valence-corrected chi connectivity index (χ1v) is 8.87. The average Bonchev–Trinajstić information content (AvgIpc) is 3.16. The smallest absolute Gasteiger partial charge is 0.231 e. The molecular formula is C22H19NO4. The molecule has 0 spiro atoms. The highest BCUT2D eigenvalue weighted by molar-refractivity contribution is 5.88. The van der Waals surface area contributed by atoms with Gasteiger partial charge in [0, 0.05) is 23.4 Å². The number of fused-ring (bicyclic) bond motifs is 5. The number of ether oxygens (including phenoxy) is 4. The quantitative estimate of drug-likeness (QED) is 0.766. The highest BCUT2D eigenvalue weighted by Crippen LogP contribution is 2.49. The van der Waals surface area contributed by atoms with E-state index in [-0.39, 0.29) is 12.8 Å². The van der Waals surface area contributed by atoms with Gasteiger partial charge in [-0.05, 0) is 41.8 Å². The number of rotatable bonds is 2. The van der Waals surface area contributed by atoms with Gasteiger partial charge in [-0.2, -0.15) is 0 Å². The highest BCUT2D eigenvalue weighted by atomic mass is 16.7. The first-order chi connectivity index (χ1) is 13.2. The summed E-state index contributed by atoms with van der Waals surface area (Å²) in [6.45, 7) is 1.10. The third kappa shape index (κ3) is 2.20. The van der Waals surface area contributed by atoms with Crippen molar-refractivity contribution in [3.8, 4) is 35.3 Å². The molecule has 0 aliphatic carbocycles. The Labute approximate surface area is 158 Å². The second kappa shape index (κ2) is 5.88. The molecule has 3 aliphatic heterocycles. The van der Waals surface area contributed by atoms with Crippen molar-refractivity contribution in [3.63, 3.8) is 0 Å². The molecule has 0 radical (unpaired) electrons. The first-order valence-electron chi connectivity index (χ1n) is 8.87. The number of hydrogen-bond acceptors (Lipinski definition) is 5. The molecule has 0 saturated heterocycles. The predicted octanol–water partition coefficient (Wildman–Crippen LogP) is 3.48. The molecule has 136 valence electrons. The molecule has 0 fully saturated rings. The Balaban J connectivity index is 1.73. The fourth-order valence-electron chi connectivity index (χ4n) is 4.22.